The van der Waals surface area contributed by atoms with Gasteiger partial charge in [0, 0.05) is 17.0 Å². The van der Waals surface area contributed by atoms with Crippen molar-refractivity contribution in [2.24, 2.45) is 0 Å². The number of hydrogen-bond acceptors (Lipinski definition) is 1. The summed E-state index contributed by atoms with van der Waals surface area (Å²) in [5, 5.41) is 1.25. The molecule has 0 aliphatic carbocycles. The number of nitrogens with zero attached hydrogens (tertiary/aromatic N) is 1. The number of benzene rings is 2. The van der Waals surface area contributed by atoms with E-state index in [0.29, 0.717) is 0 Å². The van der Waals surface area contributed by atoms with Gasteiger partial charge < -0.3 is 17.1 Å². The van der Waals surface area contributed by atoms with E-state index >= 15 is 0 Å². The van der Waals surface area contributed by atoms with Crippen molar-refractivity contribution < 1.29 is 21.7 Å². The summed E-state index contributed by atoms with van der Waals surface area (Å²) in [7, 11) is 0. The molecule has 2 aromatic carbocycles. The van der Waals surface area contributed by atoms with E-state index in [9.17, 15) is 0 Å². The lowest BCUT2D eigenvalue weighted by Gasteiger charge is -2.08. The molecule has 3 heteroatoms. The molecule has 0 amide bonds. The molecular formula is C28H38ClNO. The summed E-state index contributed by atoms with van der Waals surface area (Å²) in [4.78, 5) is 0. The molecule has 0 saturated carbocycles. The van der Waals surface area contributed by atoms with Crippen LogP contribution in [0, 0.1) is 0 Å². The first-order valence-corrected chi connectivity index (χ1v) is 12.0. The van der Waals surface area contributed by atoms with Gasteiger partial charge in [-0.1, -0.05) is 95.0 Å². The van der Waals surface area contributed by atoms with Gasteiger partial charge in [-0.15, -0.1) is 0 Å². The fraction of sp³-hybridized carbons (Fsp3) is 0.464. The average molecular weight is 440 g/mol. The van der Waals surface area contributed by atoms with Gasteiger partial charge in [0.2, 0.25) is 5.52 Å². The lowest BCUT2D eigenvalue weighted by atomic mass is 10.1. The van der Waals surface area contributed by atoms with Crippen molar-refractivity contribution in [3.8, 4) is 5.75 Å². The summed E-state index contributed by atoms with van der Waals surface area (Å²) in [5.41, 5.74) is 2.54. The van der Waals surface area contributed by atoms with Gasteiger partial charge in [0.1, 0.15) is 5.75 Å². The Balaban J connectivity index is 0.00000341. The van der Waals surface area contributed by atoms with Crippen molar-refractivity contribution in [2.45, 2.75) is 77.7 Å². The average Bonchev–Trinajstić information content (AvgIpc) is 2.78. The van der Waals surface area contributed by atoms with E-state index in [1.54, 1.807) is 0 Å². The highest BCUT2D eigenvalue weighted by atomic mass is 35.5. The van der Waals surface area contributed by atoms with E-state index in [1.165, 1.54) is 74.3 Å². The molecule has 0 atom stereocenters. The van der Waals surface area contributed by atoms with Crippen LogP contribution in [0.4, 0.5) is 0 Å². The van der Waals surface area contributed by atoms with Crippen LogP contribution in [0.3, 0.4) is 0 Å². The maximum absolute atomic E-state index is 6.08. The number of ether oxygens (including phenoxy) is 1. The third-order valence-corrected chi connectivity index (χ3v) is 5.82. The van der Waals surface area contributed by atoms with Gasteiger partial charge in [-0.3, -0.25) is 0 Å². The first-order chi connectivity index (χ1) is 14.9. The summed E-state index contributed by atoms with van der Waals surface area (Å²) >= 11 is 0. The van der Waals surface area contributed by atoms with Crippen molar-refractivity contribution in [1.29, 1.82) is 0 Å². The predicted octanol–water partition coefficient (Wildman–Crippen LogP) is 4.48. The molecule has 1 heterocycles. The van der Waals surface area contributed by atoms with E-state index < -0.39 is 0 Å². The van der Waals surface area contributed by atoms with E-state index in [2.05, 4.69) is 78.4 Å². The second-order valence-corrected chi connectivity index (χ2v) is 8.37. The molecule has 168 valence electrons. The number of pyridine rings is 1. The van der Waals surface area contributed by atoms with Gasteiger partial charge >= 0.3 is 0 Å². The van der Waals surface area contributed by atoms with Crippen LogP contribution in [0.15, 0.2) is 66.9 Å². The first kappa shape index (κ1) is 25.2. The van der Waals surface area contributed by atoms with Gasteiger partial charge in [0.15, 0.2) is 12.7 Å². The molecule has 0 radical (unpaired) electrons. The lowest BCUT2D eigenvalue weighted by Crippen LogP contribution is -3.00. The van der Waals surface area contributed by atoms with E-state index in [1.807, 2.05) is 0 Å². The smallest absolute Gasteiger partial charge is 0.216 e. The largest absolute Gasteiger partial charge is 1.00 e. The van der Waals surface area contributed by atoms with Crippen LogP contribution in [-0.2, 0) is 6.54 Å². The molecule has 0 unspecified atom stereocenters. The molecule has 0 saturated heterocycles. The monoisotopic (exact) mass is 439 g/mol. The summed E-state index contributed by atoms with van der Waals surface area (Å²) in [6, 6.07) is 21.4. The third-order valence-electron chi connectivity index (χ3n) is 5.82. The number of fused-ring (bicyclic) bond motifs is 1. The maximum Gasteiger partial charge on any atom is 0.216 e. The second-order valence-electron chi connectivity index (χ2n) is 8.37. The van der Waals surface area contributed by atoms with Crippen LogP contribution in [0.1, 0.15) is 76.7 Å². The topological polar surface area (TPSA) is 13.1 Å². The van der Waals surface area contributed by atoms with Gasteiger partial charge in [-0.25, -0.2) is 0 Å². The fourth-order valence-corrected chi connectivity index (χ4v) is 4.03. The molecule has 0 bridgehead atoms. The summed E-state index contributed by atoms with van der Waals surface area (Å²) in [6.07, 6.45) is 15.7. The third kappa shape index (κ3) is 8.91. The summed E-state index contributed by atoms with van der Waals surface area (Å²) < 4.78 is 8.38. The Morgan fingerprint density at radius 2 is 1.39 bits per heavy atom. The molecule has 0 fully saturated rings. The van der Waals surface area contributed by atoms with Crippen LogP contribution >= 0.6 is 0 Å². The minimum absolute atomic E-state index is 0. The number of unbranched alkanes of at least 4 members (excludes halogenated alkanes) is 9. The molecule has 3 rings (SSSR count). The van der Waals surface area contributed by atoms with Crippen molar-refractivity contribution >= 4 is 10.9 Å². The van der Waals surface area contributed by atoms with Crippen molar-refractivity contribution in [3.63, 3.8) is 0 Å². The molecule has 3 aromatic rings. The van der Waals surface area contributed by atoms with Gasteiger partial charge in [0.25, 0.3) is 0 Å². The number of hydrogen-bond donors (Lipinski definition) is 0. The van der Waals surface area contributed by atoms with Crippen LogP contribution in [0.5, 0.6) is 5.75 Å². The molecule has 0 aliphatic rings. The minimum atomic E-state index is 0. The zero-order valence-electron chi connectivity index (χ0n) is 19.1. The molecule has 2 nitrogen and oxygen atoms in total. The van der Waals surface area contributed by atoms with E-state index in [0.717, 1.165) is 25.3 Å². The number of rotatable bonds is 14. The Hall–Kier alpha value is -2.06. The summed E-state index contributed by atoms with van der Waals surface area (Å²) in [5.74, 6) is 0.978. The van der Waals surface area contributed by atoms with Gasteiger partial charge in [-0.05, 0) is 24.6 Å². The Kier molecular flexibility index (Phi) is 12.1. The molecule has 0 aliphatic heterocycles. The van der Waals surface area contributed by atoms with E-state index in [-0.39, 0.29) is 12.4 Å². The van der Waals surface area contributed by atoms with Crippen molar-refractivity contribution in [1.82, 2.24) is 0 Å². The Morgan fingerprint density at radius 3 is 2.10 bits per heavy atom. The first-order valence-electron chi connectivity index (χ1n) is 12.0. The van der Waals surface area contributed by atoms with Crippen LogP contribution in [0.2, 0.25) is 0 Å². The zero-order valence-corrected chi connectivity index (χ0v) is 19.8. The van der Waals surface area contributed by atoms with Crippen LogP contribution < -0.4 is 21.7 Å². The zero-order chi connectivity index (χ0) is 20.9. The standard InChI is InChI=1S/C28H38NO.ClH/c1-2-3-4-5-6-7-8-9-10-14-22-30-27-20-19-26-18-15-21-29(28(26)23-27)24-25-16-12-11-13-17-25;/h11-13,15-21,23H,2-10,14,22,24H2,1H3;1H/q+1;/p-1. The Morgan fingerprint density at radius 1 is 0.710 bits per heavy atom. The molecule has 0 spiro atoms. The second kappa shape index (κ2) is 14.9. The highest BCUT2D eigenvalue weighted by Gasteiger charge is 2.10. The van der Waals surface area contributed by atoms with Gasteiger partial charge in [-0.2, -0.15) is 4.57 Å². The summed E-state index contributed by atoms with van der Waals surface area (Å²) in [6.45, 7) is 3.97. The van der Waals surface area contributed by atoms with Crippen molar-refractivity contribution in [3.05, 3.63) is 72.4 Å². The Bertz CT molecular complexity index is 865. The van der Waals surface area contributed by atoms with Gasteiger partial charge in [0.05, 0.1) is 12.7 Å². The number of halogens is 1. The highest BCUT2D eigenvalue weighted by molar-refractivity contribution is 5.76. The van der Waals surface area contributed by atoms with Crippen molar-refractivity contribution in [2.75, 3.05) is 6.61 Å². The van der Waals surface area contributed by atoms with E-state index in [4.69, 9.17) is 4.74 Å². The molecule has 1 aromatic heterocycles. The molecule has 0 N–H and O–H groups in total. The predicted molar refractivity (Wildman–Crippen MR) is 127 cm³/mol. The van der Waals surface area contributed by atoms with Crippen LogP contribution in [-0.4, -0.2) is 6.61 Å². The minimum Gasteiger partial charge on any atom is -1.00 e. The SMILES string of the molecule is CCCCCCCCCCCCOc1ccc2ccc[n+](Cc3ccccc3)c2c1.[Cl-]. The highest BCUT2D eigenvalue weighted by Crippen LogP contribution is 2.19. The quantitative estimate of drug-likeness (QED) is 0.266. The van der Waals surface area contributed by atoms with Crippen LogP contribution in [0.25, 0.3) is 10.9 Å². The number of aromatic nitrogens is 1. The normalized spacial score (nSPS) is 10.7. The molecular weight excluding hydrogens is 402 g/mol. The molecule has 31 heavy (non-hydrogen) atoms. The Labute approximate surface area is 195 Å². The lowest BCUT2D eigenvalue weighted by molar-refractivity contribution is -0.662. The fourth-order valence-electron chi connectivity index (χ4n) is 4.03. The maximum atomic E-state index is 6.08.